The standard InChI is InChI=1S/C21H28O7/c1-19-5-4-15(22)12-10-14(18(24)26-3)21(25,13(17(12)19)11-16(19)23)7-6-20(2)27-8-9-28-20/h13-14,25H,4-11H2,1-3H3/t13?,14-,19+,21-/m1/s1. The van der Waals surface area contributed by atoms with Crippen molar-refractivity contribution in [3.05, 3.63) is 11.1 Å². The van der Waals surface area contributed by atoms with E-state index in [0.29, 0.717) is 38.0 Å². The zero-order valence-corrected chi connectivity index (χ0v) is 16.7. The first-order chi connectivity index (χ1) is 13.1. The van der Waals surface area contributed by atoms with Gasteiger partial charge in [-0.05, 0) is 44.3 Å². The number of aliphatic hydroxyl groups is 1. The second-order valence-electron chi connectivity index (χ2n) is 8.93. The van der Waals surface area contributed by atoms with Gasteiger partial charge in [-0.3, -0.25) is 14.4 Å². The number of allylic oxidation sites excluding steroid dienone is 1. The van der Waals surface area contributed by atoms with Gasteiger partial charge in [-0.25, -0.2) is 0 Å². The zero-order chi connectivity index (χ0) is 20.3. The molecule has 0 aromatic rings. The van der Waals surface area contributed by atoms with Gasteiger partial charge in [-0.1, -0.05) is 0 Å². The maximum absolute atomic E-state index is 12.9. The molecular formula is C21H28O7. The van der Waals surface area contributed by atoms with Crippen molar-refractivity contribution < 1.29 is 33.7 Å². The minimum absolute atomic E-state index is 0.0162. The molecule has 0 aromatic heterocycles. The van der Waals surface area contributed by atoms with Gasteiger partial charge in [0.1, 0.15) is 5.78 Å². The number of methoxy groups -OCH3 is 1. The molecule has 1 N–H and O–H groups in total. The first-order valence-electron chi connectivity index (χ1n) is 10.0. The molecule has 1 saturated heterocycles. The molecule has 1 unspecified atom stereocenters. The van der Waals surface area contributed by atoms with Gasteiger partial charge in [0.05, 0.1) is 31.8 Å². The molecule has 7 heteroatoms. The van der Waals surface area contributed by atoms with Gasteiger partial charge in [0.25, 0.3) is 0 Å². The molecule has 4 rings (SSSR count). The maximum Gasteiger partial charge on any atom is 0.311 e. The lowest BCUT2D eigenvalue weighted by molar-refractivity contribution is -0.178. The minimum Gasteiger partial charge on any atom is -0.469 e. The van der Waals surface area contributed by atoms with Crippen LogP contribution in [0, 0.1) is 17.3 Å². The number of hydrogen-bond acceptors (Lipinski definition) is 7. The average molecular weight is 392 g/mol. The SMILES string of the molecule is COC(=O)[C@H]1CC2=C3C(CC(=O)[C@]3(C)CCC2=O)[C@]1(O)CCC1(C)OCCO1. The van der Waals surface area contributed by atoms with Gasteiger partial charge in [0.2, 0.25) is 0 Å². The number of hydrogen-bond donors (Lipinski definition) is 1. The molecule has 4 atom stereocenters. The van der Waals surface area contributed by atoms with E-state index in [0.717, 1.165) is 5.57 Å². The quantitative estimate of drug-likeness (QED) is 0.727. The molecule has 7 nitrogen and oxygen atoms in total. The molecule has 4 aliphatic rings. The van der Waals surface area contributed by atoms with Crippen LogP contribution in [0.2, 0.25) is 0 Å². The second-order valence-corrected chi connectivity index (χ2v) is 8.93. The number of ether oxygens (including phenoxy) is 3. The first-order valence-corrected chi connectivity index (χ1v) is 10.0. The topological polar surface area (TPSA) is 99.1 Å². The highest BCUT2D eigenvalue weighted by molar-refractivity contribution is 6.04. The van der Waals surface area contributed by atoms with Gasteiger partial charge < -0.3 is 19.3 Å². The third-order valence-corrected chi connectivity index (χ3v) is 7.44. The predicted molar refractivity (Wildman–Crippen MR) is 97.1 cm³/mol. The van der Waals surface area contributed by atoms with E-state index >= 15 is 0 Å². The van der Waals surface area contributed by atoms with Gasteiger partial charge in [0.15, 0.2) is 11.6 Å². The molecule has 154 valence electrons. The van der Waals surface area contributed by atoms with Crippen LogP contribution in [0.15, 0.2) is 11.1 Å². The minimum atomic E-state index is -1.48. The Balaban J connectivity index is 1.76. The summed E-state index contributed by atoms with van der Waals surface area (Å²) < 4.78 is 16.3. The Hall–Kier alpha value is -1.57. The Morgan fingerprint density at radius 1 is 1.18 bits per heavy atom. The lowest BCUT2D eigenvalue weighted by Gasteiger charge is -2.48. The summed E-state index contributed by atoms with van der Waals surface area (Å²) >= 11 is 0. The van der Waals surface area contributed by atoms with Gasteiger partial charge in [0, 0.05) is 30.6 Å². The molecule has 3 aliphatic carbocycles. The van der Waals surface area contributed by atoms with Crippen molar-refractivity contribution in [2.75, 3.05) is 20.3 Å². The Morgan fingerprint density at radius 2 is 1.86 bits per heavy atom. The molecule has 28 heavy (non-hydrogen) atoms. The summed E-state index contributed by atoms with van der Waals surface area (Å²) in [7, 11) is 1.28. The summed E-state index contributed by atoms with van der Waals surface area (Å²) in [6.07, 6.45) is 1.65. The summed E-state index contributed by atoms with van der Waals surface area (Å²) in [4.78, 5) is 38.2. The largest absolute Gasteiger partial charge is 0.469 e. The lowest BCUT2D eigenvalue weighted by atomic mass is 9.58. The molecule has 1 aliphatic heterocycles. The van der Waals surface area contributed by atoms with Crippen LogP contribution < -0.4 is 0 Å². The summed E-state index contributed by atoms with van der Waals surface area (Å²) in [5.74, 6) is -2.78. The molecule has 0 amide bonds. The van der Waals surface area contributed by atoms with Gasteiger partial charge in [-0.15, -0.1) is 0 Å². The van der Waals surface area contributed by atoms with Crippen molar-refractivity contribution in [3.8, 4) is 0 Å². The lowest BCUT2D eigenvalue weighted by Crippen LogP contribution is -2.54. The molecule has 0 aromatic carbocycles. The molecule has 0 radical (unpaired) electrons. The zero-order valence-electron chi connectivity index (χ0n) is 16.7. The number of Topliss-reactive ketones (excluding diaryl/α,β-unsaturated/α-hetero) is 2. The summed E-state index contributed by atoms with van der Waals surface area (Å²) in [6.45, 7) is 4.66. The van der Waals surface area contributed by atoms with E-state index in [9.17, 15) is 19.5 Å². The fourth-order valence-corrected chi connectivity index (χ4v) is 5.71. The van der Waals surface area contributed by atoms with E-state index in [1.54, 1.807) is 0 Å². The number of ketones is 2. The van der Waals surface area contributed by atoms with Gasteiger partial charge >= 0.3 is 5.97 Å². The molecule has 2 fully saturated rings. The fourth-order valence-electron chi connectivity index (χ4n) is 5.71. The summed E-state index contributed by atoms with van der Waals surface area (Å²) in [5, 5.41) is 11.8. The van der Waals surface area contributed by atoms with Gasteiger partial charge in [-0.2, -0.15) is 0 Å². The van der Waals surface area contributed by atoms with E-state index in [4.69, 9.17) is 14.2 Å². The first kappa shape index (κ1) is 19.7. The van der Waals surface area contributed by atoms with Crippen LogP contribution in [0.4, 0.5) is 0 Å². The molecule has 1 heterocycles. The molecule has 0 spiro atoms. The number of carbonyl (C=O) groups excluding carboxylic acids is 3. The third-order valence-electron chi connectivity index (χ3n) is 7.44. The number of esters is 1. The van der Waals surface area contributed by atoms with Crippen LogP contribution in [0.1, 0.15) is 52.4 Å². The van der Waals surface area contributed by atoms with Crippen molar-refractivity contribution in [3.63, 3.8) is 0 Å². The van der Waals surface area contributed by atoms with Crippen molar-refractivity contribution in [2.45, 2.75) is 63.8 Å². The van der Waals surface area contributed by atoms with Crippen LogP contribution in [0.25, 0.3) is 0 Å². The highest BCUT2D eigenvalue weighted by Crippen LogP contribution is 2.60. The van der Waals surface area contributed by atoms with Crippen molar-refractivity contribution >= 4 is 17.5 Å². The maximum atomic E-state index is 12.9. The Labute approximate surface area is 164 Å². The van der Waals surface area contributed by atoms with Crippen LogP contribution in [0.3, 0.4) is 0 Å². The smallest absolute Gasteiger partial charge is 0.311 e. The van der Waals surface area contributed by atoms with Crippen molar-refractivity contribution in [1.29, 1.82) is 0 Å². The normalized spacial score (nSPS) is 39.3. The monoisotopic (exact) mass is 392 g/mol. The number of carbonyl (C=O) groups is 3. The average Bonchev–Trinajstić information content (AvgIpc) is 3.22. The van der Waals surface area contributed by atoms with E-state index in [1.807, 2.05) is 13.8 Å². The van der Waals surface area contributed by atoms with E-state index in [2.05, 4.69) is 0 Å². The van der Waals surface area contributed by atoms with E-state index in [1.165, 1.54) is 7.11 Å². The Kier molecular flexibility index (Phi) is 4.56. The van der Waals surface area contributed by atoms with Crippen molar-refractivity contribution in [1.82, 2.24) is 0 Å². The highest BCUT2D eigenvalue weighted by Gasteiger charge is 2.63. The molecule has 1 saturated carbocycles. The Bertz CT molecular complexity index is 763. The highest BCUT2D eigenvalue weighted by atomic mass is 16.7. The van der Waals surface area contributed by atoms with Crippen molar-refractivity contribution in [2.24, 2.45) is 17.3 Å². The summed E-state index contributed by atoms with van der Waals surface area (Å²) in [5.41, 5.74) is -0.873. The second kappa shape index (κ2) is 6.47. The van der Waals surface area contributed by atoms with Crippen LogP contribution in [-0.4, -0.2) is 54.4 Å². The van der Waals surface area contributed by atoms with Crippen LogP contribution >= 0.6 is 0 Å². The molecule has 0 bridgehead atoms. The molecular weight excluding hydrogens is 364 g/mol. The number of rotatable bonds is 4. The van der Waals surface area contributed by atoms with Crippen LogP contribution in [0.5, 0.6) is 0 Å². The van der Waals surface area contributed by atoms with E-state index in [-0.39, 0.29) is 30.8 Å². The van der Waals surface area contributed by atoms with Crippen LogP contribution in [-0.2, 0) is 28.6 Å². The fraction of sp³-hybridized carbons (Fsp3) is 0.762. The summed E-state index contributed by atoms with van der Waals surface area (Å²) in [6, 6.07) is 0. The third kappa shape index (κ3) is 2.70. The predicted octanol–water partition coefficient (Wildman–Crippen LogP) is 1.71. The van der Waals surface area contributed by atoms with E-state index < -0.39 is 34.6 Å². The Morgan fingerprint density at radius 3 is 2.50 bits per heavy atom.